The molecule has 1 fully saturated rings. The Hall–Kier alpha value is -0.780. The van der Waals surface area contributed by atoms with Gasteiger partial charge >= 0.3 is 0 Å². The molecular formula is C11H11. The summed E-state index contributed by atoms with van der Waals surface area (Å²) < 4.78 is 0. The van der Waals surface area contributed by atoms with Gasteiger partial charge in [-0.1, -0.05) is 24.3 Å². The fraction of sp³-hybridized carbons (Fsp3) is 0.364. The summed E-state index contributed by atoms with van der Waals surface area (Å²) >= 11 is 0. The molecule has 2 aliphatic carbocycles. The summed E-state index contributed by atoms with van der Waals surface area (Å²) in [7, 11) is 0. The third kappa shape index (κ3) is 0.649. The average Bonchev–Trinajstić information content (AvgIpc) is 2.64. The van der Waals surface area contributed by atoms with Crippen molar-refractivity contribution in [3.8, 4) is 0 Å². The van der Waals surface area contributed by atoms with Gasteiger partial charge in [0.1, 0.15) is 0 Å². The van der Waals surface area contributed by atoms with E-state index in [9.17, 15) is 0 Å². The highest BCUT2D eigenvalue weighted by atomic mass is 14.4. The van der Waals surface area contributed by atoms with E-state index in [0.29, 0.717) is 0 Å². The first kappa shape index (κ1) is 5.82. The minimum atomic E-state index is 0.890. The van der Waals surface area contributed by atoms with Gasteiger partial charge in [-0.25, -0.2) is 0 Å². The van der Waals surface area contributed by atoms with E-state index in [0.717, 1.165) is 5.92 Å². The lowest BCUT2D eigenvalue weighted by Crippen LogP contribution is -1.96. The summed E-state index contributed by atoms with van der Waals surface area (Å²) in [6.07, 6.45) is 4.13. The molecule has 0 N–H and O–H groups in total. The van der Waals surface area contributed by atoms with E-state index >= 15 is 0 Å². The van der Waals surface area contributed by atoms with Crippen LogP contribution in [0.15, 0.2) is 24.3 Å². The molecule has 2 aliphatic rings. The molecule has 1 atom stereocenters. The summed E-state index contributed by atoms with van der Waals surface area (Å²) in [5, 5.41) is 0. The zero-order valence-corrected chi connectivity index (χ0v) is 6.51. The maximum Gasteiger partial charge on any atom is 0.00590 e. The number of hydrogen-bond acceptors (Lipinski definition) is 0. The molecule has 0 saturated heterocycles. The van der Waals surface area contributed by atoms with Crippen LogP contribution < -0.4 is 0 Å². The van der Waals surface area contributed by atoms with Crippen molar-refractivity contribution in [2.45, 2.75) is 25.2 Å². The lowest BCUT2D eigenvalue weighted by atomic mass is 9.92. The molecule has 1 aromatic carbocycles. The molecule has 1 saturated carbocycles. The highest BCUT2D eigenvalue weighted by Gasteiger charge is 2.36. The van der Waals surface area contributed by atoms with Gasteiger partial charge in [-0.3, -0.25) is 0 Å². The Morgan fingerprint density at radius 1 is 1.18 bits per heavy atom. The maximum atomic E-state index is 2.30. The zero-order chi connectivity index (χ0) is 7.26. The van der Waals surface area contributed by atoms with Crippen molar-refractivity contribution in [2.24, 2.45) is 0 Å². The summed E-state index contributed by atoms with van der Waals surface area (Å²) in [4.78, 5) is 0. The third-order valence-corrected chi connectivity index (χ3v) is 3.07. The van der Waals surface area contributed by atoms with Crippen LogP contribution in [0.3, 0.4) is 0 Å². The standard InChI is InChI=1S/C11H11/c1-2-4-11-9-6-5-8(7-9)10(11)3-1/h1-4,8H,5-7H2. The van der Waals surface area contributed by atoms with Gasteiger partial charge in [0.05, 0.1) is 0 Å². The summed E-state index contributed by atoms with van der Waals surface area (Å²) in [6, 6.07) is 8.91. The molecule has 1 aromatic rings. The molecule has 3 rings (SSSR count). The lowest BCUT2D eigenvalue weighted by Gasteiger charge is -2.12. The van der Waals surface area contributed by atoms with Crippen molar-refractivity contribution >= 4 is 0 Å². The van der Waals surface area contributed by atoms with Gasteiger partial charge in [0, 0.05) is 5.92 Å². The van der Waals surface area contributed by atoms with Crippen molar-refractivity contribution in [1.29, 1.82) is 0 Å². The minimum Gasteiger partial charge on any atom is -0.0620 e. The van der Waals surface area contributed by atoms with Crippen LogP contribution in [0, 0.1) is 5.92 Å². The summed E-state index contributed by atoms with van der Waals surface area (Å²) in [6.45, 7) is 0. The Morgan fingerprint density at radius 3 is 3.00 bits per heavy atom. The SMILES string of the molecule is c1ccc2c(c1)[C]1CCC2C1. The van der Waals surface area contributed by atoms with E-state index < -0.39 is 0 Å². The fourth-order valence-corrected chi connectivity index (χ4v) is 2.54. The fourth-order valence-electron chi connectivity index (χ4n) is 2.54. The van der Waals surface area contributed by atoms with Crippen LogP contribution in [0.5, 0.6) is 0 Å². The van der Waals surface area contributed by atoms with Gasteiger partial charge in [0.25, 0.3) is 0 Å². The number of benzene rings is 1. The molecule has 0 nitrogen and oxygen atoms in total. The van der Waals surface area contributed by atoms with Gasteiger partial charge in [-0.05, 0) is 36.3 Å². The van der Waals surface area contributed by atoms with E-state index in [4.69, 9.17) is 0 Å². The topological polar surface area (TPSA) is 0 Å². The van der Waals surface area contributed by atoms with Crippen LogP contribution in [0.4, 0.5) is 0 Å². The Bertz CT molecular complexity index is 259. The Labute approximate surface area is 67.2 Å². The first-order chi connectivity index (χ1) is 5.45. The first-order valence-electron chi connectivity index (χ1n) is 4.39. The molecule has 55 valence electrons. The second-order valence-corrected chi connectivity index (χ2v) is 3.63. The molecule has 2 bridgehead atoms. The van der Waals surface area contributed by atoms with Crippen molar-refractivity contribution < 1.29 is 0 Å². The van der Waals surface area contributed by atoms with E-state index in [2.05, 4.69) is 24.3 Å². The Balaban J connectivity index is 2.23. The molecule has 11 heavy (non-hydrogen) atoms. The smallest absolute Gasteiger partial charge is 0.00590 e. The molecular weight excluding hydrogens is 132 g/mol. The van der Waals surface area contributed by atoms with Crippen LogP contribution in [0.1, 0.15) is 36.3 Å². The Morgan fingerprint density at radius 2 is 2.09 bits per heavy atom. The molecule has 0 heterocycles. The predicted octanol–water partition coefficient (Wildman–Crippen LogP) is 2.89. The summed E-state index contributed by atoms with van der Waals surface area (Å²) in [5.74, 6) is 2.60. The van der Waals surface area contributed by atoms with Gasteiger partial charge in [0.15, 0.2) is 0 Å². The lowest BCUT2D eigenvalue weighted by molar-refractivity contribution is 0.733. The van der Waals surface area contributed by atoms with Crippen LogP contribution in [-0.4, -0.2) is 0 Å². The van der Waals surface area contributed by atoms with Crippen molar-refractivity contribution in [3.05, 3.63) is 41.3 Å². The molecule has 0 heteroatoms. The van der Waals surface area contributed by atoms with Gasteiger partial charge in [-0.15, -0.1) is 0 Å². The van der Waals surface area contributed by atoms with Crippen LogP contribution in [-0.2, 0) is 0 Å². The summed E-state index contributed by atoms with van der Waals surface area (Å²) in [5.41, 5.74) is 3.19. The van der Waals surface area contributed by atoms with Crippen molar-refractivity contribution in [2.75, 3.05) is 0 Å². The number of fused-ring (bicyclic) bond motifs is 5. The average molecular weight is 143 g/mol. The molecule has 1 radical (unpaired) electrons. The quantitative estimate of drug-likeness (QED) is 0.524. The van der Waals surface area contributed by atoms with E-state index in [1.165, 1.54) is 19.3 Å². The Kier molecular flexibility index (Phi) is 0.993. The second-order valence-electron chi connectivity index (χ2n) is 3.63. The molecule has 0 aromatic heterocycles. The highest BCUT2D eigenvalue weighted by molar-refractivity contribution is 5.49. The maximum absolute atomic E-state index is 2.30. The predicted molar refractivity (Wildman–Crippen MR) is 45.4 cm³/mol. The normalized spacial score (nSPS) is 27.5. The largest absolute Gasteiger partial charge is 0.0620 e. The van der Waals surface area contributed by atoms with Crippen molar-refractivity contribution in [3.63, 3.8) is 0 Å². The van der Waals surface area contributed by atoms with E-state index in [-0.39, 0.29) is 0 Å². The van der Waals surface area contributed by atoms with Crippen LogP contribution in [0.25, 0.3) is 0 Å². The molecule has 0 spiro atoms. The number of hydrogen-bond donors (Lipinski definition) is 0. The minimum absolute atomic E-state index is 0.890. The second kappa shape index (κ2) is 1.88. The van der Waals surface area contributed by atoms with Gasteiger partial charge in [-0.2, -0.15) is 0 Å². The third-order valence-electron chi connectivity index (χ3n) is 3.07. The van der Waals surface area contributed by atoms with Crippen LogP contribution in [0.2, 0.25) is 0 Å². The van der Waals surface area contributed by atoms with E-state index in [1.807, 2.05) is 0 Å². The van der Waals surface area contributed by atoms with Crippen molar-refractivity contribution in [1.82, 2.24) is 0 Å². The van der Waals surface area contributed by atoms with E-state index in [1.54, 1.807) is 17.0 Å². The van der Waals surface area contributed by atoms with Crippen LogP contribution >= 0.6 is 0 Å². The monoisotopic (exact) mass is 143 g/mol. The number of rotatable bonds is 0. The van der Waals surface area contributed by atoms with Gasteiger partial charge in [0.2, 0.25) is 0 Å². The molecule has 0 amide bonds. The molecule has 0 aliphatic heterocycles. The zero-order valence-electron chi connectivity index (χ0n) is 6.51. The highest BCUT2D eigenvalue weighted by Crippen LogP contribution is 2.51. The first-order valence-corrected chi connectivity index (χ1v) is 4.39. The van der Waals surface area contributed by atoms with Gasteiger partial charge < -0.3 is 0 Å². The molecule has 1 unspecified atom stereocenters.